The summed E-state index contributed by atoms with van der Waals surface area (Å²) in [6, 6.07) is 18.2. The van der Waals surface area contributed by atoms with Gasteiger partial charge in [0.05, 0.1) is 11.1 Å². The van der Waals surface area contributed by atoms with E-state index in [9.17, 15) is 19.8 Å². The molecule has 2 N–H and O–H groups in total. The first-order valence-electron chi connectivity index (χ1n) is 12.1. The van der Waals surface area contributed by atoms with Crippen molar-refractivity contribution in [3.63, 3.8) is 0 Å². The van der Waals surface area contributed by atoms with Gasteiger partial charge in [-0.2, -0.15) is 0 Å². The van der Waals surface area contributed by atoms with Gasteiger partial charge >= 0.3 is 11.9 Å². The topological polar surface area (TPSA) is 74.6 Å². The monoisotopic (exact) mass is 472 g/mol. The molecule has 3 rings (SSSR count). The van der Waals surface area contributed by atoms with Crippen molar-refractivity contribution in [3.05, 3.63) is 82.9 Å². The fourth-order valence-electron chi connectivity index (χ4n) is 5.24. The van der Waals surface area contributed by atoms with E-state index in [4.69, 9.17) is 0 Å². The first-order chi connectivity index (χ1) is 16.2. The fraction of sp³-hybridized carbons (Fsp3) is 0.355. The maximum atomic E-state index is 12.2. The lowest BCUT2D eigenvalue weighted by Gasteiger charge is -2.35. The molecule has 0 aliphatic rings. The third kappa shape index (κ3) is 5.64. The van der Waals surface area contributed by atoms with Gasteiger partial charge in [0.25, 0.3) is 0 Å². The fourth-order valence-corrected chi connectivity index (χ4v) is 5.24. The van der Waals surface area contributed by atoms with Gasteiger partial charge in [0.15, 0.2) is 0 Å². The molecular formula is C31H36O4. The molecule has 3 aromatic carbocycles. The summed E-state index contributed by atoms with van der Waals surface area (Å²) in [5, 5.41) is 20.0. The van der Waals surface area contributed by atoms with E-state index >= 15 is 0 Å². The summed E-state index contributed by atoms with van der Waals surface area (Å²) < 4.78 is 0. The van der Waals surface area contributed by atoms with Crippen LogP contribution in [0.25, 0.3) is 22.3 Å². The maximum absolute atomic E-state index is 12.2. The average molecular weight is 473 g/mol. The third-order valence-corrected chi connectivity index (χ3v) is 6.42. The van der Waals surface area contributed by atoms with Crippen molar-refractivity contribution in [1.29, 1.82) is 0 Å². The van der Waals surface area contributed by atoms with Gasteiger partial charge in [-0.15, -0.1) is 0 Å². The Kier molecular flexibility index (Phi) is 7.26. The molecule has 0 saturated heterocycles. The van der Waals surface area contributed by atoms with Gasteiger partial charge in [0.1, 0.15) is 0 Å². The number of benzene rings is 3. The lowest BCUT2D eigenvalue weighted by atomic mass is 9.70. The molecule has 0 spiro atoms. The van der Waals surface area contributed by atoms with Gasteiger partial charge in [-0.25, -0.2) is 9.59 Å². The lowest BCUT2D eigenvalue weighted by molar-refractivity contribution is 0.0686. The quantitative estimate of drug-likeness (QED) is 0.363. The molecule has 4 heteroatoms. The molecule has 0 radical (unpaired) electrons. The highest BCUT2D eigenvalue weighted by molar-refractivity contribution is 6.03. The van der Waals surface area contributed by atoms with E-state index in [1.807, 2.05) is 24.3 Å². The minimum atomic E-state index is -1.01. The Labute approximate surface area is 208 Å². The molecule has 0 aliphatic heterocycles. The van der Waals surface area contributed by atoms with Crippen LogP contribution in [-0.4, -0.2) is 22.2 Å². The van der Waals surface area contributed by atoms with E-state index in [1.165, 1.54) is 0 Å². The second-order valence-electron chi connectivity index (χ2n) is 11.5. The minimum absolute atomic E-state index is 0.0907. The minimum Gasteiger partial charge on any atom is -0.478 e. The molecule has 0 heterocycles. The van der Waals surface area contributed by atoms with Crippen molar-refractivity contribution in [1.82, 2.24) is 0 Å². The van der Waals surface area contributed by atoms with Crippen LogP contribution in [0, 0.1) is 5.41 Å². The molecule has 4 nitrogen and oxygen atoms in total. The maximum Gasteiger partial charge on any atom is 0.336 e. The highest BCUT2D eigenvalue weighted by Crippen LogP contribution is 2.45. The van der Waals surface area contributed by atoms with Crippen molar-refractivity contribution < 1.29 is 19.8 Å². The van der Waals surface area contributed by atoms with E-state index in [1.54, 1.807) is 24.3 Å². The van der Waals surface area contributed by atoms with Crippen LogP contribution >= 0.6 is 0 Å². The second-order valence-corrected chi connectivity index (χ2v) is 11.5. The molecule has 0 fully saturated rings. The van der Waals surface area contributed by atoms with Crippen LogP contribution in [0.15, 0.2) is 60.7 Å². The van der Waals surface area contributed by atoms with Crippen LogP contribution in [0.3, 0.4) is 0 Å². The number of carbonyl (C=O) groups is 2. The molecule has 0 aromatic heterocycles. The Morgan fingerprint density at radius 3 is 1.71 bits per heavy atom. The second kappa shape index (κ2) is 9.69. The van der Waals surface area contributed by atoms with E-state index in [0.717, 1.165) is 28.7 Å². The number of hydrogen-bond donors (Lipinski definition) is 2. The lowest BCUT2D eigenvalue weighted by Crippen LogP contribution is -2.25. The molecule has 184 valence electrons. The Hall–Kier alpha value is -3.40. The summed E-state index contributed by atoms with van der Waals surface area (Å²) in [6.45, 7) is 15.3. The highest BCUT2D eigenvalue weighted by Gasteiger charge is 2.31. The Balaban J connectivity index is 2.51. The standard InChI is InChI=1S/C31H36O4/c1-19(2)25-16-20(31(6,7)18-30(3,4)5)17-26(21-12-8-10-14-23(21)28(32)33)27(25)22-13-9-11-15-24(22)29(34)35/h8-17,19H,18H2,1-7H3,(H,32,33)(H,34,35). The summed E-state index contributed by atoms with van der Waals surface area (Å²) in [4.78, 5) is 24.4. The van der Waals surface area contributed by atoms with E-state index in [-0.39, 0.29) is 27.9 Å². The van der Waals surface area contributed by atoms with E-state index in [0.29, 0.717) is 11.1 Å². The average Bonchev–Trinajstić information content (AvgIpc) is 2.76. The van der Waals surface area contributed by atoms with Gasteiger partial charge < -0.3 is 10.2 Å². The smallest absolute Gasteiger partial charge is 0.336 e. The van der Waals surface area contributed by atoms with Gasteiger partial charge in [0, 0.05) is 0 Å². The molecule has 0 atom stereocenters. The number of hydrogen-bond acceptors (Lipinski definition) is 2. The molecular weight excluding hydrogens is 436 g/mol. The number of aromatic carboxylic acids is 2. The zero-order valence-corrected chi connectivity index (χ0v) is 21.8. The SMILES string of the molecule is CC(C)c1cc(C(C)(C)CC(C)(C)C)cc(-c2ccccc2C(=O)O)c1-c1ccccc1C(=O)O. The van der Waals surface area contributed by atoms with Crippen LogP contribution in [0.2, 0.25) is 0 Å². The van der Waals surface area contributed by atoms with Gasteiger partial charge in [0.2, 0.25) is 0 Å². The van der Waals surface area contributed by atoms with Crippen molar-refractivity contribution in [2.75, 3.05) is 0 Å². The highest BCUT2D eigenvalue weighted by atomic mass is 16.4. The third-order valence-electron chi connectivity index (χ3n) is 6.42. The van der Waals surface area contributed by atoms with Crippen molar-refractivity contribution >= 4 is 11.9 Å². The molecule has 0 bridgehead atoms. The summed E-state index contributed by atoms with van der Waals surface area (Å²) in [5.41, 5.74) is 5.14. The molecule has 0 amide bonds. The largest absolute Gasteiger partial charge is 0.478 e. The van der Waals surface area contributed by atoms with Gasteiger partial charge in [-0.05, 0) is 74.7 Å². The van der Waals surface area contributed by atoms with Crippen LogP contribution in [0.4, 0.5) is 0 Å². The van der Waals surface area contributed by atoms with Crippen LogP contribution in [-0.2, 0) is 5.41 Å². The van der Waals surface area contributed by atoms with Crippen molar-refractivity contribution in [2.24, 2.45) is 5.41 Å². The number of rotatable bonds is 7. The molecule has 0 aliphatic carbocycles. The zero-order chi connectivity index (χ0) is 26.1. The predicted molar refractivity (Wildman–Crippen MR) is 142 cm³/mol. The first-order valence-corrected chi connectivity index (χ1v) is 12.1. The number of carboxylic acid groups (broad SMARTS) is 2. The number of carboxylic acids is 2. The normalized spacial score (nSPS) is 12.1. The van der Waals surface area contributed by atoms with E-state index < -0.39 is 11.9 Å². The first kappa shape index (κ1) is 26.2. The Bertz CT molecular complexity index is 1260. The Morgan fingerprint density at radius 2 is 1.23 bits per heavy atom. The van der Waals surface area contributed by atoms with E-state index in [2.05, 4.69) is 60.6 Å². The van der Waals surface area contributed by atoms with Crippen molar-refractivity contribution in [3.8, 4) is 22.3 Å². The molecule has 0 unspecified atom stereocenters. The predicted octanol–water partition coefficient (Wildman–Crippen LogP) is 8.25. The Morgan fingerprint density at radius 1 is 0.743 bits per heavy atom. The van der Waals surface area contributed by atoms with Gasteiger partial charge in [-0.3, -0.25) is 0 Å². The summed E-state index contributed by atoms with van der Waals surface area (Å²) in [6.07, 6.45) is 0.933. The van der Waals surface area contributed by atoms with Gasteiger partial charge in [-0.1, -0.05) is 90.9 Å². The molecule has 0 saturated carbocycles. The summed E-state index contributed by atoms with van der Waals surface area (Å²) in [7, 11) is 0. The van der Waals surface area contributed by atoms with Crippen LogP contribution in [0.5, 0.6) is 0 Å². The summed E-state index contributed by atoms with van der Waals surface area (Å²) in [5.74, 6) is -1.93. The molecule has 3 aromatic rings. The van der Waals surface area contributed by atoms with Crippen molar-refractivity contribution in [2.45, 2.75) is 66.2 Å². The summed E-state index contributed by atoms with van der Waals surface area (Å²) >= 11 is 0. The van der Waals surface area contributed by atoms with Crippen LogP contribution < -0.4 is 0 Å². The zero-order valence-electron chi connectivity index (χ0n) is 21.8. The molecule has 35 heavy (non-hydrogen) atoms. The van der Waals surface area contributed by atoms with Crippen LogP contribution in [0.1, 0.15) is 92.6 Å².